The molecule has 1 amide bonds. The van der Waals surface area contributed by atoms with Crippen LogP contribution in [0.5, 0.6) is 0 Å². The number of nitrogens with one attached hydrogen (secondary N) is 2. The Morgan fingerprint density at radius 1 is 1.23 bits per heavy atom. The monoisotopic (exact) mass is 517 g/mol. The van der Waals surface area contributed by atoms with Crippen molar-refractivity contribution in [3.05, 3.63) is 69.2 Å². The second-order valence-corrected chi connectivity index (χ2v) is 9.77. The van der Waals surface area contributed by atoms with Crippen LogP contribution in [0.1, 0.15) is 43.1 Å². The van der Waals surface area contributed by atoms with Gasteiger partial charge in [0, 0.05) is 50.5 Å². The summed E-state index contributed by atoms with van der Waals surface area (Å²) in [6, 6.07) is 10.4. The van der Waals surface area contributed by atoms with Gasteiger partial charge in [0.05, 0.1) is 5.56 Å². The zero-order chi connectivity index (χ0) is 21.5. The van der Waals surface area contributed by atoms with Gasteiger partial charge >= 0.3 is 0 Å². The Balaban J connectivity index is 1.61. The van der Waals surface area contributed by atoms with E-state index in [1.807, 2.05) is 47.0 Å². The largest absolute Gasteiger partial charge is 0.361 e. The number of rotatable bonds is 3. The number of anilines is 1. The van der Waals surface area contributed by atoms with E-state index in [2.05, 4.69) is 42.0 Å². The van der Waals surface area contributed by atoms with Crippen molar-refractivity contribution in [3.8, 4) is 0 Å². The number of aromatic nitrogens is 1. The maximum Gasteiger partial charge on any atom is 0.259 e. The molecule has 0 saturated heterocycles. The Morgan fingerprint density at radius 3 is 2.70 bits per heavy atom. The maximum atomic E-state index is 14.1. The van der Waals surface area contributed by atoms with Crippen molar-refractivity contribution >= 4 is 50.7 Å². The van der Waals surface area contributed by atoms with Crippen LogP contribution in [0.15, 0.2) is 48.7 Å². The van der Waals surface area contributed by atoms with Crippen LogP contribution in [-0.4, -0.2) is 34.4 Å². The minimum Gasteiger partial charge on any atom is -0.361 e. The molecule has 4 nitrogen and oxygen atoms in total. The predicted octanol–water partition coefficient (Wildman–Crippen LogP) is 6.05. The molecule has 0 bridgehead atoms. The van der Waals surface area contributed by atoms with Gasteiger partial charge in [0.25, 0.3) is 5.91 Å². The van der Waals surface area contributed by atoms with Gasteiger partial charge < -0.3 is 10.3 Å². The van der Waals surface area contributed by atoms with Crippen molar-refractivity contribution in [3.63, 3.8) is 0 Å². The van der Waals surface area contributed by atoms with Crippen LogP contribution >= 0.6 is 22.6 Å². The Bertz CT molecular complexity index is 1120. The Kier molecular flexibility index (Phi) is 5.72. The zero-order valence-corrected chi connectivity index (χ0v) is 19.5. The highest BCUT2D eigenvalue weighted by molar-refractivity contribution is 14.1. The normalized spacial score (nSPS) is 15.3. The first-order valence-electron chi connectivity index (χ1n) is 10.0. The van der Waals surface area contributed by atoms with Gasteiger partial charge in [0.2, 0.25) is 0 Å². The molecule has 0 aliphatic carbocycles. The molecule has 0 spiro atoms. The molecule has 0 radical (unpaired) electrons. The highest BCUT2D eigenvalue weighted by Crippen LogP contribution is 2.32. The molecule has 0 atom stereocenters. The summed E-state index contributed by atoms with van der Waals surface area (Å²) in [4.78, 5) is 18.5. The molecule has 0 unspecified atom stereocenters. The Hall–Kier alpha value is -2.19. The van der Waals surface area contributed by atoms with E-state index in [0.29, 0.717) is 9.26 Å². The fourth-order valence-electron chi connectivity index (χ4n) is 3.90. The Labute approximate surface area is 189 Å². The molecule has 1 aliphatic rings. The third-order valence-electron chi connectivity index (χ3n) is 5.63. The number of benzene rings is 2. The number of fused-ring (bicyclic) bond motifs is 1. The molecule has 30 heavy (non-hydrogen) atoms. The average molecular weight is 517 g/mol. The summed E-state index contributed by atoms with van der Waals surface area (Å²) in [5, 5.41) is 3.92. The topological polar surface area (TPSA) is 48.1 Å². The molecular weight excluding hydrogens is 492 g/mol. The number of hydrogen-bond donors (Lipinski definition) is 2. The quantitative estimate of drug-likeness (QED) is 0.416. The third kappa shape index (κ3) is 4.16. The van der Waals surface area contributed by atoms with Gasteiger partial charge in [-0.2, -0.15) is 0 Å². The summed E-state index contributed by atoms with van der Waals surface area (Å²) >= 11 is 1.98. The van der Waals surface area contributed by atoms with Gasteiger partial charge in [-0.3, -0.25) is 9.69 Å². The van der Waals surface area contributed by atoms with E-state index in [4.69, 9.17) is 0 Å². The van der Waals surface area contributed by atoms with Crippen LogP contribution in [0.3, 0.4) is 0 Å². The third-order valence-corrected chi connectivity index (χ3v) is 6.53. The highest BCUT2D eigenvalue weighted by atomic mass is 127. The lowest BCUT2D eigenvalue weighted by Crippen LogP contribution is -2.43. The number of amides is 1. The summed E-state index contributed by atoms with van der Waals surface area (Å²) in [5.41, 5.74) is 4.38. The van der Waals surface area contributed by atoms with Crippen molar-refractivity contribution in [2.45, 2.75) is 32.7 Å². The van der Waals surface area contributed by atoms with Crippen molar-refractivity contribution in [1.82, 2.24) is 9.88 Å². The summed E-state index contributed by atoms with van der Waals surface area (Å²) in [6.45, 7) is 8.66. The summed E-state index contributed by atoms with van der Waals surface area (Å²) in [7, 11) is 0. The van der Waals surface area contributed by atoms with E-state index in [9.17, 15) is 9.18 Å². The molecule has 156 valence electrons. The smallest absolute Gasteiger partial charge is 0.259 e. The van der Waals surface area contributed by atoms with Gasteiger partial charge in [-0.1, -0.05) is 12.1 Å². The molecule has 6 heteroatoms. The SMILES string of the molecule is CC(C)(C)N1CC=C(c2c[nH]c3ccc(NC(=O)c4c(F)cccc4I)cc23)CC1. The van der Waals surface area contributed by atoms with Gasteiger partial charge in [0.1, 0.15) is 5.82 Å². The number of nitrogens with zero attached hydrogens (tertiary/aromatic N) is 1. The van der Waals surface area contributed by atoms with Crippen molar-refractivity contribution in [1.29, 1.82) is 0 Å². The lowest BCUT2D eigenvalue weighted by molar-refractivity contribution is 0.102. The second kappa shape index (κ2) is 8.15. The van der Waals surface area contributed by atoms with Crippen molar-refractivity contribution < 1.29 is 9.18 Å². The first kappa shape index (κ1) is 21.1. The van der Waals surface area contributed by atoms with Crippen LogP contribution in [-0.2, 0) is 0 Å². The number of hydrogen-bond acceptors (Lipinski definition) is 2. The molecule has 0 saturated carbocycles. The first-order valence-corrected chi connectivity index (χ1v) is 11.1. The molecule has 2 N–H and O–H groups in total. The first-order chi connectivity index (χ1) is 14.2. The molecule has 1 aliphatic heterocycles. The number of carbonyl (C=O) groups excluding carboxylic acids is 1. The van der Waals surface area contributed by atoms with Crippen LogP contribution in [0.25, 0.3) is 16.5 Å². The summed E-state index contributed by atoms with van der Waals surface area (Å²) in [5.74, 6) is -0.954. The van der Waals surface area contributed by atoms with Crippen LogP contribution < -0.4 is 5.32 Å². The van der Waals surface area contributed by atoms with Gasteiger partial charge in [0.15, 0.2) is 0 Å². The lowest BCUT2D eigenvalue weighted by Gasteiger charge is -2.37. The molecule has 2 heterocycles. The molecule has 4 rings (SSSR count). The van der Waals surface area contributed by atoms with Gasteiger partial charge in [-0.25, -0.2) is 4.39 Å². The van der Waals surface area contributed by atoms with E-state index >= 15 is 0 Å². The van der Waals surface area contributed by atoms with Gasteiger partial charge in [-0.05, 0) is 85.7 Å². The van der Waals surface area contributed by atoms with E-state index in [-0.39, 0.29) is 11.1 Å². The van der Waals surface area contributed by atoms with Crippen LogP contribution in [0.4, 0.5) is 10.1 Å². The van der Waals surface area contributed by atoms with Crippen LogP contribution in [0.2, 0.25) is 0 Å². The number of carbonyl (C=O) groups is 1. The molecule has 2 aromatic carbocycles. The second-order valence-electron chi connectivity index (χ2n) is 8.61. The lowest BCUT2D eigenvalue weighted by atomic mass is 9.95. The highest BCUT2D eigenvalue weighted by Gasteiger charge is 2.24. The van der Waals surface area contributed by atoms with Crippen molar-refractivity contribution in [2.75, 3.05) is 18.4 Å². The molecular formula is C24H25FIN3O. The minimum absolute atomic E-state index is 0.0738. The molecule has 3 aromatic rings. The van der Waals surface area contributed by atoms with Gasteiger partial charge in [-0.15, -0.1) is 0 Å². The summed E-state index contributed by atoms with van der Waals surface area (Å²) in [6.07, 6.45) is 5.31. The number of H-pyrrole nitrogens is 1. The van der Waals surface area contributed by atoms with E-state index in [1.54, 1.807) is 12.1 Å². The Morgan fingerprint density at radius 2 is 2.03 bits per heavy atom. The minimum atomic E-state index is -0.515. The van der Waals surface area contributed by atoms with Crippen molar-refractivity contribution in [2.24, 2.45) is 0 Å². The van der Waals surface area contributed by atoms with E-state index in [0.717, 1.165) is 36.0 Å². The molecule has 0 fully saturated rings. The maximum absolute atomic E-state index is 14.1. The predicted molar refractivity (Wildman–Crippen MR) is 129 cm³/mol. The zero-order valence-electron chi connectivity index (χ0n) is 17.4. The standard InChI is InChI=1S/C24H25FIN3O/c1-24(2,3)29-11-9-15(10-12-29)18-14-27-21-8-7-16(13-17(18)21)28-23(30)22-19(25)5-4-6-20(22)26/h4-9,13-14,27H,10-12H2,1-3H3,(H,28,30). The summed E-state index contributed by atoms with van der Waals surface area (Å²) < 4.78 is 14.7. The average Bonchev–Trinajstić information content (AvgIpc) is 3.10. The fraction of sp³-hybridized carbons (Fsp3) is 0.292. The number of halogens is 2. The fourth-order valence-corrected chi connectivity index (χ4v) is 4.61. The van der Waals surface area contributed by atoms with E-state index < -0.39 is 11.7 Å². The number of aromatic amines is 1. The van der Waals surface area contributed by atoms with Crippen LogP contribution in [0, 0.1) is 9.39 Å². The molecule has 1 aromatic heterocycles. The van der Waals surface area contributed by atoms with E-state index in [1.165, 1.54) is 11.6 Å².